The van der Waals surface area contributed by atoms with Crippen LogP contribution in [0.5, 0.6) is 0 Å². The van der Waals surface area contributed by atoms with E-state index in [9.17, 15) is 0 Å². The van der Waals surface area contributed by atoms with E-state index < -0.39 is 0 Å². The Labute approximate surface area is 82.5 Å². The van der Waals surface area contributed by atoms with Crippen LogP contribution in [-0.2, 0) is 0 Å². The summed E-state index contributed by atoms with van der Waals surface area (Å²) < 4.78 is 0. The first kappa shape index (κ1) is 11.0. The molecule has 1 aliphatic carbocycles. The molecular formula is C11H24N2. The number of hydrogen-bond acceptors (Lipinski definition) is 2. The van der Waals surface area contributed by atoms with Crippen molar-refractivity contribution >= 4 is 0 Å². The van der Waals surface area contributed by atoms with Crippen LogP contribution in [0.15, 0.2) is 0 Å². The SMILES string of the molecule is CCC1(CNCC(C)NC)CCC1. The number of hydrogen-bond donors (Lipinski definition) is 2. The third-order valence-corrected chi connectivity index (χ3v) is 3.61. The molecule has 2 nitrogen and oxygen atoms in total. The number of rotatable bonds is 6. The Morgan fingerprint density at radius 3 is 2.46 bits per heavy atom. The fourth-order valence-electron chi connectivity index (χ4n) is 1.99. The van der Waals surface area contributed by atoms with Crippen molar-refractivity contribution in [2.24, 2.45) is 5.41 Å². The Morgan fingerprint density at radius 1 is 1.38 bits per heavy atom. The van der Waals surface area contributed by atoms with Crippen LogP contribution in [0.1, 0.15) is 39.5 Å². The molecule has 1 aliphatic rings. The lowest BCUT2D eigenvalue weighted by atomic mass is 9.67. The van der Waals surface area contributed by atoms with Gasteiger partial charge in [0.15, 0.2) is 0 Å². The van der Waals surface area contributed by atoms with E-state index in [1.807, 2.05) is 7.05 Å². The van der Waals surface area contributed by atoms with Crippen molar-refractivity contribution in [3.63, 3.8) is 0 Å². The van der Waals surface area contributed by atoms with E-state index in [0.717, 1.165) is 6.54 Å². The van der Waals surface area contributed by atoms with Gasteiger partial charge in [-0.2, -0.15) is 0 Å². The lowest BCUT2D eigenvalue weighted by Gasteiger charge is -2.41. The van der Waals surface area contributed by atoms with Gasteiger partial charge in [0.1, 0.15) is 0 Å². The van der Waals surface area contributed by atoms with Crippen LogP contribution >= 0.6 is 0 Å². The van der Waals surface area contributed by atoms with Crippen molar-refractivity contribution in [3.05, 3.63) is 0 Å². The number of nitrogens with one attached hydrogen (secondary N) is 2. The Bertz CT molecular complexity index is 136. The predicted octanol–water partition coefficient (Wildman–Crippen LogP) is 1.76. The molecule has 0 saturated heterocycles. The highest BCUT2D eigenvalue weighted by Crippen LogP contribution is 2.42. The van der Waals surface area contributed by atoms with Gasteiger partial charge < -0.3 is 10.6 Å². The number of likely N-dealkylation sites (N-methyl/N-ethyl adjacent to an activating group) is 1. The van der Waals surface area contributed by atoms with Gasteiger partial charge in [-0.25, -0.2) is 0 Å². The van der Waals surface area contributed by atoms with Crippen LogP contribution in [-0.4, -0.2) is 26.2 Å². The molecule has 2 N–H and O–H groups in total. The molecule has 13 heavy (non-hydrogen) atoms. The highest BCUT2D eigenvalue weighted by Gasteiger charge is 2.34. The molecule has 0 bridgehead atoms. The summed E-state index contributed by atoms with van der Waals surface area (Å²) in [4.78, 5) is 0. The lowest BCUT2D eigenvalue weighted by Crippen LogP contribution is -2.43. The first-order chi connectivity index (χ1) is 6.22. The molecular weight excluding hydrogens is 160 g/mol. The van der Waals surface area contributed by atoms with Crippen molar-refractivity contribution in [1.82, 2.24) is 10.6 Å². The zero-order chi connectivity index (χ0) is 9.73. The summed E-state index contributed by atoms with van der Waals surface area (Å²) in [5.74, 6) is 0. The van der Waals surface area contributed by atoms with E-state index in [1.165, 1.54) is 32.2 Å². The van der Waals surface area contributed by atoms with Crippen LogP contribution in [0.25, 0.3) is 0 Å². The van der Waals surface area contributed by atoms with Gasteiger partial charge in [-0.1, -0.05) is 13.3 Å². The fraction of sp³-hybridized carbons (Fsp3) is 1.00. The van der Waals surface area contributed by atoms with Gasteiger partial charge >= 0.3 is 0 Å². The van der Waals surface area contributed by atoms with Crippen molar-refractivity contribution in [1.29, 1.82) is 0 Å². The second-order valence-corrected chi connectivity index (χ2v) is 4.53. The Balaban J connectivity index is 2.10. The van der Waals surface area contributed by atoms with Crippen LogP contribution in [0, 0.1) is 5.41 Å². The topological polar surface area (TPSA) is 24.1 Å². The molecule has 1 fully saturated rings. The molecule has 0 aromatic rings. The van der Waals surface area contributed by atoms with Gasteiger partial charge in [-0.3, -0.25) is 0 Å². The minimum Gasteiger partial charge on any atom is -0.316 e. The zero-order valence-corrected chi connectivity index (χ0v) is 9.32. The summed E-state index contributed by atoms with van der Waals surface area (Å²) in [6.45, 7) is 6.85. The smallest absolute Gasteiger partial charge is 0.0161 e. The standard InChI is InChI=1S/C11H24N2/c1-4-11(6-5-7-11)9-13-8-10(2)12-3/h10,12-13H,4-9H2,1-3H3. The normalized spacial score (nSPS) is 22.4. The van der Waals surface area contributed by atoms with E-state index in [4.69, 9.17) is 0 Å². The first-order valence-electron chi connectivity index (χ1n) is 5.60. The molecule has 0 heterocycles. The van der Waals surface area contributed by atoms with Crippen LogP contribution in [0.4, 0.5) is 0 Å². The molecule has 0 amide bonds. The third kappa shape index (κ3) is 2.96. The van der Waals surface area contributed by atoms with E-state index in [-0.39, 0.29) is 0 Å². The maximum atomic E-state index is 3.57. The molecule has 0 aromatic heterocycles. The van der Waals surface area contributed by atoms with Crippen molar-refractivity contribution < 1.29 is 0 Å². The van der Waals surface area contributed by atoms with Gasteiger partial charge in [0.2, 0.25) is 0 Å². The zero-order valence-electron chi connectivity index (χ0n) is 9.32. The molecule has 1 unspecified atom stereocenters. The molecule has 1 rings (SSSR count). The summed E-state index contributed by atoms with van der Waals surface area (Å²) in [6.07, 6.45) is 5.65. The highest BCUT2D eigenvalue weighted by atomic mass is 15.0. The summed E-state index contributed by atoms with van der Waals surface area (Å²) in [5.41, 5.74) is 0.660. The predicted molar refractivity (Wildman–Crippen MR) is 58.0 cm³/mol. The van der Waals surface area contributed by atoms with Crippen LogP contribution < -0.4 is 10.6 Å². The molecule has 1 saturated carbocycles. The van der Waals surface area contributed by atoms with Gasteiger partial charge in [0.25, 0.3) is 0 Å². The molecule has 0 radical (unpaired) electrons. The average molecular weight is 184 g/mol. The van der Waals surface area contributed by atoms with E-state index in [2.05, 4.69) is 24.5 Å². The Hall–Kier alpha value is -0.0800. The van der Waals surface area contributed by atoms with Crippen molar-refractivity contribution in [2.75, 3.05) is 20.1 Å². The Morgan fingerprint density at radius 2 is 2.08 bits per heavy atom. The Kier molecular flexibility index (Phi) is 4.20. The largest absolute Gasteiger partial charge is 0.316 e. The van der Waals surface area contributed by atoms with E-state index in [1.54, 1.807) is 0 Å². The highest BCUT2D eigenvalue weighted by molar-refractivity contribution is 4.88. The van der Waals surface area contributed by atoms with Gasteiger partial charge in [0.05, 0.1) is 0 Å². The summed E-state index contributed by atoms with van der Waals surface area (Å²) in [6, 6.07) is 0.592. The van der Waals surface area contributed by atoms with Crippen molar-refractivity contribution in [2.45, 2.75) is 45.6 Å². The molecule has 0 spiro atoms. The van der Waals surface area contributed by atoms with Crippen LogP contribution in [0.2, 0.25) is 0 Å². The minimum atomic E-state index is 0.592. The summed E-state index contributed by atoms with van der Waals surface area (Å²) in [7, 11) is 2.02. The molecule has 78 valence electrons. The second kappa shape index (κ2) is 4.97. The van der Waals surface area contributed by atoms with Gasteiger partial charge in [-0.15, -0.1) is 0 Å². The fourth-order valence-corrected chi connectivity index (χ4v) is 1.99. The second-order valence-electron chi connectivity index (χ2n) is 4.53. The summed E-state index contributed by atoms with van der Waals surface area (Å²) in [5, 5.41) is 6.81. The molecule has 1 atom stereocenters. The van der Waals surface area contributed by atoms with E-state index in [0.29, 0.717) is 11.5 Å². The minimum absolute atomic E-state index is 0.592. The maximum Gasteiger partial charge on any atom is 0.0161 e. The molecule has 0 aromatic carbocycles. The van der Waals surface area contributed by atoms with Gasteiger partial charge in [0, 0.05) is 19.1 Å². The van der Waals surface area contributed by atoms with E-state index >= 15 is 0 Å². The van der Waals surface area contributed by atoms with Gasteiger partial charge in [-0.05, 0) is 38.6 Å². The van der Waals surface area contributed by atoms with Crippen molar-refractivity contribution in [3.8, 4) is 0 Å². The van der Waals surface area contributed by atoms with Crippen LogP contribution in [0.3, 0.4) is 0 Å². The maximum absolute atomic E-state index is 3.57. The third-order valence-electron chi connectivity index (χ3n) is 3.61. The lowest BCUT2D eigenvalue weighted by molar-refractivity contribution is 0.123. The molecule has 2 heteroatoms. The quantitative estimate of drug-likeness (QED) is 0.657. The molecule has 0 aliphatic heterocycles. The average Bonchev–Trinajstić information content (AvgIpc) is 2.09. The summed E-state index contributed by atoms with van der Waals surface area (Å²) >= 11 is 0. The monoisotopic (exact) mass is 184 g/mol. The first-order valence-corrected chi connectivity index (χ1v) is 5.60.